The number of nitrogens with zero attached hydrogens (tertiary/aromatic N) is 3. The molecule has 2 rings (SSSR count). The number of carbonyl (C=O) groups is 1. The first-order valence-corrected chi connectivity index (χ1v) is 4.21. The highest BCUT2D eigenvalue weighted by molar-refractivity contribution is 14.1. The second-order valence-corrected chi connectivity index (χ2v) is 3.20. The van der Waals surface area contributed by atoms with Crippen molar-refractivity contribution in [3.05, 3.63) is 0 Å². The van der Waals surface area contributed by atoms with Gasteiger partial charge in [0, 0.05) is 22.6 Å². The summed E-state index contributed by atoms with van der Waals surface area (Å²) in [6.45, 7) is 0. The van der Waals surface area contributed by atoms with Gasteiger partial charge in [-0.05, 0) is 0 Å². The highest BCUT2D eigenvalue weighted by Gasteiger charge is 2.31. The van der Waals surface area contributed by atoms with Gasteiger partial charge in [0.2, 0.25) is 0 Å². The molecule has 0 radical (unpaired) electrons. The molecule has 0 bridgehead atoms. The molecule has 12 heavy (non-hydrogen) atoms. The normalized spacial score (nSPS) is 26.9. The number of hydrogen-bond donors (Lipinski definition) is 2. The second-order valence-electron chi connectivity index (χ2n) is 2.24. The smallest absolute Gasteiger partial charge is 0.276 e. The number of amidine groups is 1. The van der Waals surface area contributed by atoms with Gasteiger partial charge in [-0.15, -0.1) is 0 Å². The zero-order valence-corrected chi connectivity index (χ0v) is 7.94. The third-order valence-electron chi connectivity index (χ3n) is 1.42. The molecule has 1 amide bonds. The lowest BCUT2D eigenvalue weighted by Gasteiger charge is -2.13. The lowest BCUT2D eigenvalue weighted by molar-refractivity contribution is -0.113. The van der Waals surface area contributed by atoms with E-state index < -0.39 is 6.17 Å². The molecule has 62 valence electrons. The van der Waals surface area contributed by atoms with Crippen LogP contribution in [0.15, 0.2) is 15.0 Å². The summed E-state index contributed by atoms with van der Waals surface area (Å²) in [5, 5.41) is 2.35. The fourth-order valence-electron chi connectivity index (χ4n) is 0.950. The van der Waals surface area contributed by atoms with Crippen LogP contribution in [0.2, 0.25) is 0 Å². The van der Waals surface area contributed by atoms with E-state index in [1.807, 2.05) is 22.6 Å². The fraction of sp³-hybridized carbons (Fsp3) is 0.200. The van der Waals surface area contributed by atoms with Gasteiger partial charge in [-0.2, -0.15) is 0 Å². The van der Waals surface area contributed by atoms with Crippen molar-refractivity contribution >= 4 is 44.0 Å². The Balaban J connectivity index is 2.43. The van der Waals surface area contributed by atoms with E-state index >= 15 is 0 Å². The number of nitrogens with two attached hydrogens (primary N) is 1. The molecule has 0 saturated heterocycles. The molecule has 0 aromatic carbocycles. The zero-order valence-electron chi connectivity index (χ0n) is 5.78. The summed E-state index contributed by atoms with van der Waals surface area (Å²) >= 11 is 1.93. The number of nitrogens with one attached hydrogen (secondary N) is 1. The number of guanidine groups is 1. The van der Waals surface area contributed by atoms with Crippen LogP contribution in [0.1, 0.15) is 0 Å². The van der Waals surface area contributed by atoms with Crippen LogP contribution in [-0.4, -0.2) is 27.6 Å². The Hall–Kier alpha value is -0.990. The highest BCUT2D eigenvalue weighted by Crippen LogP contribution is 2.13. The molecule has 7 heteroatoms. The maximum absolute atomic E-state index is 11.2. The summed E-state index contributed by atoms with van der Waals surface area (Å²) in [5.41, 5.74) is 5.63. The van der Waals surface area contributed by atoms with Crippen molar-refractivity contribution in [2.24, 2.45) is 20.7 Å². The molecular weight excluding hydrogens is 273 g/mol. The Morgan fingerprint density at radius 2 is 2.25 bits per heavy atom. The SMILES string of the molecule is NC1=NC2N=C(I)N=C2C(=O)N1. The third-order valence-corrected chi connectivity index (χ3v) is 1.94. The molecule has 0 fully saturated rings. The van der Waals surface area contributed by atoms with Crippen LogP contribution < -0.4 is 11.1 Å². The number of carbonyl (C=O) groups excluding carboxylic acids is 1. The maximum atomic E-state index is 11.2. The largest absolute Gasteiger partial charge is 0.370 e. The molecule has 1 unspecified atom stereocenters. The predicted octanol–water partition coefficient (Wildman–Crippen LogP) is -0.997. The van der Waals surface area contributed by atoms with Gasteiger partial charge < -0.3 is 5.73 Å². The Bertz CT molecular complexity index is 344. The first kappa shape index (κ1) is 7.65. The monoisotopic (exact) mass is 277 g/mol. The van der Waals surface area contributed by atoms with Crippen LogP contribution >= 0.6 is 22.6 Å². The zero-order chi connectivity index (χ0) is 8.72. The van der Waals surface area contributed by atoms with Crippen LogP contribution in [0.4, 0.5) is 0 Å². The Morgan fingerprint density at radius 1 is 1.50 bits per heavy atom. The van der Waals surface area contributed by atoms with E-state index in [4.69, 9.17) is 5.73 Å². The van der Waals surface area contributed by atoms with E-state index in [0.717, 1.165) is 0 Å². The quantitative estimate of drug-likeness (QED) is 0.439. The van der Waals surface area contributed by atoms with Gasteiger partial charge in [-0.25, -0.2) is 15.0 Å². The van der Waals surface area contributed by atoms with Crippen LogP contribution in [0.5, 0.6) is 0 Å². The number of fused-ring (bicyclic) bond motifs is 1. The first-order valence-electron chi connectivity index (χ1n) is 3.13. The highest BCUT2D eigenvalue weighted by atomic mass is 127. The van der Waals surface area contributed by atoms with Gasteiger partial charge in [0.15, 0.2) is 21.7 Å². The summed E-state index contributed by atoms with van der Waals surface area (Å²) in [6.07, 6.45) is -0.523. The molecule has 2 heterocycles. The standard InChI is InChI=1S/C5H4IN5O/c6-4-8-1-2(9-4)10-5(7)11-3(1)12/h2H,(H3,7,10,11,12). The summed E-state index contributed by atoms with van der Waals surface area (Å²) in [7, 11) is 0. The van der Waals surface area contributed by atoms with Crippen molar-refractivity contribution < 1.29 is 4.79 Å². The van der Waals surface area contributed by atoms with Gasteiger partial charge >= 0.3 is 0 Å². The molecule has 0 aliphatic carbocycles. The van der Waals surface area contributed by atoms with Crippen LogP contribution in [-0.2, 0) is 4.79 Å². The van der Waals surface area contributed by atoms with Crippen molar-refractivity contribution in [3.63, 3.8) is 0 Å². The van der Waals surface area contributed by atoms with Crippen molar-refractivity contribution in [3.8, 4) is 0 Å². The first-order chi connectivity index (χ1) is 5.66. The van der Waals surface area contributed by atoms with Crippen molar-refractivity contribution in [2.45, 2.75) is 6.17 Å². The number of halogens is 1. The fourth-order valence-corrected chi connectivity index (χ4v) is 1.47. The molecule has 6 nitrogen and oxygen atoms in total. The molecule has 3 N–H and O–H groups in total. The summed E-state index contributed by atoms with van der Waals surface area (Å²) in [6, 6.07) is 0. The molecule has 0 aromatic rings. The van der Waals surface area contributed by atoms with Gasteiger partial charge in [0.1, 0.15) is 0 Å². The minimum atomic E-state index is -0.523. The van der Waals surface area contributed by atoms with Gasteiger partial charge in [-0.3, -0.25) is 10.1 Å². The topological polar surface area (TPSA) is 92.2 Å². The van der Waals surface area contributed by atoms with E-state index in [9.17, 15) is 4.79 Å². The van der Waals surface area contributed by atoms with Crippen molar-refractivity contribution in [1.29, 1.82) is 0 Å². The predicted molar refractivity (Wildman–Crippen MR) is 52.4 cm³/mol. The maximum Gasteiger partial charge on any atom is 0.276 e. The number of hydrogen-bond acceptors (Lipinski definition) is 5. The average molecular weight is 277 g/mol. The Morgan fingerprint density at radius 3 is 3.00 bits per heavy atom. The van der Waals surface area contributed by atoms with Gasteiger partial charge in [0.05, 0.1) is 0 Å². The van der Waals surface area contributed by atoms with E-state index in [-0.39, 0.29) is 11.9 Å². The molecule has 2 aliphatic heterocycles. The Labute approximate surface area is 81.2 Å². The minimum absolute atomic E-state index is 0.0961. The van der Waals surface area contributed by atoms with Crippen molar-refractivity contribution in [1.82, 2.24) is 5.32 Å². The number of amides is 1. The minimum Gasteiger partial charge on any atom is -0.370 e. The lowest BCUT2D eigenvalue weighted by Crippen LogP contribution is -2.48. The molecule has 0 saturated carbocycles. The van der Waals surface area contributed by atoms with Crippen molar-refractivity contribution in [2.75, 3.05) is 0 Å². The van der Waals surface area contributed by atoms with E-state index in [1.165, 1.54) is 0 Å². The summed E-state index contributed by atoms with van der Waals surface area (Å²) in [5.74, 6) is -0.221. The van der Waals surface area contributed by atoms with E-state index in [2.05, 4.69) is 20.3 Å². The average Bonchev–Trinajstić information content (AvgIpc) is 2.29. The molecular formula is C5H4IN5O. The molecule has 0 aromatic heterocycles. The van der Waals surface area contributed by atoms with E-state index in [1.54, 1.807) is 0 Å². The Kier molecular flexibility index (Phi) is 1.60. The van der Waals surface area contributed by atoms with Gasteiger partial charge in [-0.1, -0.05) is 0 Å². The number of aliphatic imine (C=N–C) groups is 3. The molecule has 2 aliphatic rings. The lowest BCUT2D eigenvalue weighted by atomic mass is 10.2. The third kappa shape index (κ3) is 1.09. The summed E-state index contributed by atoms with van der Waals surface area (Å²) < 4.78 is 0.529. The second kappa shape index (κ2) is 2.51. The van der Waals surface area contributed by atoms with Crippen LogP contribution in [0, 0.1) is 0 Å². The number of rotatable bonds is 0. The molecule has 1 atom stereocenters. The van der Waals surface area contributed by atoms with Crippen LogP contribution in [0.3, 0.4) is 0 Å². The van der Waals surface area contributed by atoms with Gasteiger partial charge in [0.25, 0.3) is 5.91 Å². The summed E-state index contributed by atoms with van der Waals surface area (Å²) in [4.78, 5) is 22.9. The van der Waals surface area contributed by atoms with Crippen LogP contribution in [0.25, 0.3) is 0 Å². The molecule has 0 spiro atoms. The van der Waals surface area contributed by atoms with E-state index in [0.29, 0.717) is 9.55 Å².